The maximum absolute atomic E-state index is 11.9. The van der Waals surface area contributed by atoms with Gasteiger partial charge in [-0.3, -0.25) is 0 Å². The minimum absolute atomic E-state index is 0.00472. The van der Waals surface area contributed by atoms with E-state index in [1.807, 2.05) is 0 Å². The number of rotatable bonds is 6. The molecule has 21 heavy (non-hydrogen) atoms. The third-order valence-electron chi connectivity index (χ3n) is 3.97. The van der Waals surface area contributed by atoms with Gasteiger partial charge in [-0.2, -0.15) is 0 Å². The van der Waals surface area contributed by atoms with Crippen molar-refractivity contribution in [2.24, 2.45) is 0 Å². The molecule has 0 aliphatic carbocycles. The van der Waals surface area contributed by atoms with Crippen molar-refractivity contribution in [2.45, 2.75) is 37.4 Å². The molecule has 0 atom stereocenters. The SMILES string of the molecule is CCN1CCC(NCc2ccc(S(=O)(=O)N(C)C)o2)CC1. The van der Waals surface area contributed by atoms with Crippen LogP contribution in [-0.4, -0.2) is 57.4 Å². The van der Waals surface area contributed by atoms with Crippen LogP contribution >= 0.6 is 0 Å². The number of nitrogens with one attached hydrogen (secondary N) is 1. The van der Waals surface area contributed by atoms with Gasteiger partial charge in [0.15, 0.2) is 0 Å². The average molecular weight is 315 g/mol. The van der Waals surface area contributed by atoms with Gasteiger partial charge in [0.25, 0.3) is 10.0 Å². The molecule has 1 aromatic rings. The monoisotopic (exact) mass is 315 g/mol. The van der Waals surface area contributed by atoms with E-state index in [1.165, 1.54) is 20.2 Å². The zero-order chi connectivity index (χ0) is 15.5. The minimum atomic E-state index is -3.48. The van der Waals surface area contributed by atoms with Crippen LogP contribution in [0.15, 0.2) is 21.6 Å². The fraction of sp³-hybridized carbons (Fsp3) is 0.714. The molecule has 2 rings (SSSR count). The second kappa shape index (κ2) is 6.91. The van der Waals surface area contributed by atoms with Gasteiger partial charge in [-0.05, 0) is 44.6 Å². The van der Waals surface area contributed by atoms with Gasteiger partial charge < -0.3 is 14.6 Å². The van der Waals surface area contributed by atoms with Crippen molar-refractivity contribution in [1.29, 1.82) is 0 Å². The Morgan fingerprint density at radius 2 is 2.00 bits per heavy atom. The van der Waals surface area contributed by atoms with Crippen molar-refractivity contribution < 1.29 is 12.8 Å². The molecule has 0 aromatic carbocycles. The van der Waals surface area contributed by atoms with Crippen LogP contribution < -0.4 is 5.32 Å². The Hall–Kier alpha value is -0.890. The van der Waals surface area contributed by atoms with Crippen LogP contribution in [0, 0.1) is 0 Å². The predicted molar refractivity (Wildman–Crippen MR) is 81.6 cm³/mol. The Balaban J connectivity index is 1.87. The van der Waals surface area contributed by atoms with Crippen molar-refractivity contribution in [3.8, 4) is 0 Å². The van der Waals surface area contributed by atoms with E-state index < -0.39 is 10.0 Å². The van der Waals surface area contributed by atoms with Gasteiger partial charge in [-0.15, -0.1) is 0 Å². The number of furan rings is 1. The molecular formula is C14H25N3O3S. The molecule has 7 heteroatoms. The maximum atomic E-state index is 11.9. The lowest BCUT2D eigenvalue weighted by molar-refractivity contribution is 0.203. The van der Waals surface area contributed by atoms with Crippen LogP contribution in [0.2, 0.25) is 0 Å². The molecule has 0 bridgehead atoms. The van der Waals surface area contributed by atoms with Gasteiger partial charge in [0.2, 0.25) is 5.09 Å². The molecule has 120 valence electrons. The van der Waals surface area contributed by atoms with E-state index in [0.29, 0.717) is 18.3 Å². The molecule has 0 amide bonds. The highest BCUT2D eigenvalue weighted by Crippen LogP contribution is 2.17. The van der Waals surface area contributed by atoms with Crippen LogP contribution in [0.3, 0.4) is 0 Å². The first-order chi connectivity index (χ1) is 9.93. The predicted octanol–water partition coefficient (Wildman–Crippen LogP) is 1.10. The van der Waals surface area contributed by atoms with Crippen LogP contribution in [0.1, 0.15) is 25.5 Å². The number of piperidine rings is 1. The Labute approximate surface area is 127 Å². The normalized spacial score (nSPS) is 18.5. The summed E-state index contributed by atoms with van der Waals surface area (Å²) < 4.78 is 30.5. The highest BCUT2D eigenvalue weighted by molar-refractivity contribution is 7.88. The molecule has 0 spiro atoms. The number of hydrogen-bond donors (Lipinski definition) is 1. The molecule has 1 fully saturated rings. The zero-order valence-corrected chi connectivity index (χ0v) is 13.8. The highest BCUT2D eigenvalue weighted by Gasteiger charge is 2.22. The summed E-state index contributed by atoms with van der Waals surface area (Å²) in [6.07, 6.45) is 2.24. The van der Waals surface area contributed by atoms with E-state index in [0.717, 1.165) is 36.8 Å². The molecule has 1 N–H and O–H groups in total. The molecule has 0 saturated carbocycles. The number of nitrogens with zero attached hydrogens (tertiary/aromatic N) is 2. The van der Waals surface area contributed by atoms with Gasteiger partial charge in [0, 0.05) is 20.1 Å². The second-order valence-corrected chi connectivity index (χ2v) is 7.68. The molecule has 0 unspecified atom stereocenters. The van der Waals surface area contributed by atoms with Gasteiger partial charge in [0.1, 0.15) is 5.76 Å². The average Bonchev–Trinajstić information content (AvgIpc) is 2.95. The Morgan fingerprint density at radius 3 is 2.57 bits per heavy atom. The number of likely N-dealkylation sites (tertiary alicyclic amines) is 1. The third-order valence-corrected chi connectivity index (χ3v) is 5.66. The maximum Gasteiger partial charge on any atom is 0.275 e. The second-order valence-electron chi connectivity index (χ2n) is 5.60. The van der Waals surface area contributed by atoms with Crippen molar-refractivity contribution in [2.75, 3.05) is 33.7 Å². The summed E-state index contributed by atoms with van der Waals surface area (Å²) >= 11 is 0. The molecule has 1 aliphatic rings. The topological polar surface area (TPSA) is 65.8 Å². The van der Waals surface area contributed by atoms with Gasteiger partial charge in [-0.25, -0.2) is 12.7 Å². The first-order valence-electron chi connectivity index (χ1n) is 7.40. The molecule has 1 aromatic heterocycles. The summed E-state index contributed by atoms with van der Waals surface area (Å²) in [5.41, 5.74) is 0. The lowest BCUT2D eigenvalue weighted by atomic mass is 10.1. The first kappa shape index (κ1) is 16.5. The Morgan fingerprint density at radius 1 is 1.33 bits per heavy atom. The van der Waals surface area contributed by atoms with Crippen LogP contribution in [0.25, 0.3) is 0 Å². The van der Waals surface area contributed by atoms with E-state index in [-0.39, 0.29) is 5.09 Å². The van der Waals surface area contributed by atoms with E-state index >= 15 is 0 Å². The van der Waals surface area contributed by atoms with Gasteiger partial charge >= 0.3 is 0 Å². The summed E-state index contributed by atoms with van der Waals surface area (Å²) in [5, 5.41) is 3.45. The fourth-order valence-electron chi connectivity index (χ4n) is 2.47. The molecule has 1 saturated heterocycles. The Kier molecular flexibility index (Phi) is 5.43. The molecule has 1 aliphatic heterocycles. The summed E-state index contributed by atoms with van der Waals surface area (Å²) in [5.74, 6) is 0.661. The largest absolute Gasteiger partial charge is 0.447 e. The summed E-state index contributed by atoms with van der Waals surface area (Å²) in [6, 6.07) is 3.73. The van der Waals surface area contributed by atoms with E-state index in [9.17, 15) is 8.42 Å². The molecule has 2 heterocycles. The van der Waals surface area contributed by atoms with Gasteiger partial charge in [0.05, 0.1) is 6.54 Å². The smallest absolute Gasteiger partial charge is 0.275 e. The summed E-state index contributed by atoms with van der Waals surface area (Å²) in [4.78, 5) is 2.44. The number of hydrogen-bond acceptors (Lipinski definition) is 5. The van der Waals surface area contributed by atoms with Crippen LogP contribution in [0.5, 0.6) is 0 Å². The third kappa shape index (κ3) is 4.06. The summed E-state index contributed by atoms with van der Waals surface area (Å²) in [6.45, 7) is 6.10. The quantitative estimate of drug-likeness (QED) is 0.852. The van der Waals surface area contributed by atoms with Crippen molar-refractivity contribution >= 4 is 10.0 Å². The lowest BCUT2D eigenvalue weighted by Gasteiger charge is -2.31. The van der Waals surface area contributed by atoms with Crippen LogP contribution in [0.4, 0.5) is 0 Å². The molecule has 6 nitrogen and oxygen atoms in total. The van der Waals surface area contributed by atoms with Crippen LogP contribution in [-0.2, 0) is 16.6 Å². The van der Waals surface area contributed by atoms with E-state index in [1.54, 1.807) is 6.07 Å². The molecule has 0 radical (unpaired) electrons. The zero-order valence-electron chi connectivity index (χ0n) is 13.0. The number of sulfonamides is 1. The van der Waals surface area contributed by atoms with E-state index in [4.69, 9.17) is 4.42 Å². The van der Waals surface area contributed by atoms with Crippen molar-refractivity contribution in [1.82, 2.24) is 14.5 Å². The van der Waals surface area contributed by atoms with E-state index in [2.05, 4.69) is 17.1 Å². The Bertz CT molecular complexity index is 546. The summed E-state index contributed by atoms with van der Waals surface area (Å²) in [7, 11) is -0.483. The minimum Gasteiger partial charge on any atom is -0.447 e. The molecular weight excluding hydrogens is 290 g/mol. The van der Waals surface area contributed by atoms with Crippen molar-refractivity contribution in [3.05, 3.63) is 17.9 Å². The standard InChI is InChI=1S/C14H25N3O3S/c1-4-17-9-7-12(8-10-17)15-11-13-5-6-14(20-13)21(18,19)16(2)3/h5-6,12,15H,4,7-11H2,1-3H3. The highest BCUT2D eigenvalue weighted by atomic mass is 32.2. The fourth-order valence-corrected chi connectivity index (χ4v) is 3.28. The first-order valence-corrected chi connectivity index (χ1v) is 8.84. The lowest BCUT2D eigenvalue weighted by Crippen LogP contribution is -2.42. The van der Waals surface area contributed by atoms with Gasteiger partial charge in [-0.1, -0.05) is 6.92 Å². The van der Waals surface area contributed by atoms with Crippen molar-refractivity contribution in [3.63, 3.8) is 0 Å².